The van der Waals surface area contributed by atoms with Crippen LogP contribution in [0.25, 0.3) is 0 Å². The molecule has 0 radical (unpaired) electrons. The molecule has 26 heavy (non-hydrogen) atoms. The zero-order chi connectivity index (χ0) is 19.3. The number of esters is 1. The third kappa shape index (κ3) is 4.72. The van der Waals surface area contributed by atoms with Crippen molar-refractivity contribution in [2.75, 3.05) is 7.11 Å². The minimum atomic E-state index is -1.62. The number of nitrogens with one attached hydrogen (secondary N) is 1. The van der Waals surface area contributed by atoms with Crippen molar-refractivity contribution in [1.29, 1.82) is 0 Å². The Bertz CT molecular complexity index is 822. The van der Waals surface area contributed by atoms with Crippen molar-refractivity contribution in [3.63, 3.8) is 0 Å². The number of ether oxygens (including phenoxy) is 1. The van der Waals surface area contributed by atoms with E-state index >= 15 is 0 Å². The third-order valence-corrected chi connectivity index (χ3v) is 5.96. The van der Waals surface area contributed by atoms with Crippen LogP contribution in [0.2, 0.25) is 19.6 Å². The Morgan fingerprint density at radius 2 is 2.08 bits per heavy atom. The first-order valence-electron chi connectivity index (χ1n) is 8.15. The lowest BCUT2D eigenvalue weighted by molar-refractivity contribution is -0.109. The highest BCUT2D eigenvalue weighted by molar-refractivity contribution is 6.88. The number of benzene rings is 1. The summed E-state index contributed by atoms with van der Waals surface area (Å²) in [7, 11) is -0.373. The van der Waals surface area contributed by atoms with Crippen LogP contribution in [0.4, 0.5) is 4.39 Å². The summed E-state index contributed by atoms with van der Waals surface area (Å²) in [5, 5.41) is 3.50. The first-order valence-corrected chi connectivity index (χ1v) is 11.6. The maximum absolute atomic E-state index is 14.6. The van der Waals surface area contributed by atoms with E-state index in [2.05, 4.69) is 34.9 Å². The molecular formula is C18H22FN3O3Si. The number of hydrogen-bond acceptors (Lipinski definition) is 5. The van der Waals surface area contributed by atoms with Gasteiger partial charge in [-0.2, -0.15) is 0 Å². The van der Waals surface area contributed by atoms with Crippen LogP contribution in [0, 0.1) is 5.82 Å². The lowest BCUT2D eigenvalue weighted by Crippen LogP contribution is -2.37. The van der Waals surface area contributed by atoms with Crippen molar-refractivity contribution in [3.8, 4) is 0 Å². The molecule has 1 heterocycles. The molecule has 1 N–H and O–H groups in total. The van der Waals surface area contributed by atoms with Crippen LogP contribution < -0.4 is 10.5 Å². The Morgan fingerprint density at radius 1 is 1.35 bits per heavy atom. The van der Waals surface area contributed by atoms with Crippen LogP contribution >= 0.6 is 0 Å². The van der Waals surface area contributed by atoms with E-state index in [0.717, 1.165) is 5.19 Å². The van der Waals surface area contributed by atoms with E-state index in [-0.39, 0.29) is 24.5 Å². The summed E-state index contributed by atoms with van der Waals surface area (Å²) in [4.78, 5) is 30.8. The van der Waals surface area contributed by atoms with E-state index < -0.39 is 14.0 Å². The molecule has 2 aromatic rings. The fraction of sp³-hybridized carbons (Fsp3) is 0.333. The molecule has 0 atom stereocenters. The molecular weight excluding hydrogens is 353 g/mol. The minimum Gasteiger partial charge on any atom is -0.464 e. The largest absolute Gasteiger partial charge is 0.464 e. The summed E-state index contributed by atoms with van der Waals surface area (Å²) < 4.78 is 19.3. The molecule has 0 spiro atoms. The van der Waals surface area contributed by atoms with Gasteiger partial charge in [0.2, 0.25) is 6.41 Å². The average Bonchev–Trinajstić information content (AvgIpc) is 2.60. The van der Waals surface area contributed by atoms with Gasteiger partial charge in [-0.1, -0.05) is 37.0 Å². The minimum absolute atomic E-state index is 0.0380. The molecule has 0 fully saturated rings. The number of amides is 1. The zero-order valence-corrected chi connectivity index (χ0v) is 16.3. The van der Waals surface area contributed by atoms with Gasteiger partial charge in [-0.25, -0.2) is 14.2 Å². The van der Waals surface area contributed by atoms with Gasteiger partial charge in [0.05, 0.1) is 39.3 Å². The number of halogens is 1. The van der Waals surface area contributed by atoms with Gasteiger partial charge < -0.3 is 10.1 Å². The molecule has 2 rings (SSSR count). The number of carbonyl (C=O) groups excluding carboxylic acids is 2. The molecule has 138 valence electrons. The van der Waals surface area contributed by atoms with E-state index in [0.29, 0.717) is 23.4 Å². The first-order chi connectivity index (χ1) is 12.3. The van der Waals surface area contributed by atoms with Crippen LogP contribution in [0.1, 0.15) is 27.4 Å². The second kappa shape index (κ2) is 8.18. The van der Waals surface area contributed by atoms with E-state index in [4.69, 9.17) is 4.74 Å². The fourth-order valence-corrected chi connectivity index (χ4v) is 3.57. The van der Waals surface area contributed by atoms with Gasteiger partial charge in [-0.05, 0) is 11.6 Å². The van der Waals surface area contributed by atoms with Crippen molar-refractivity contribution < 1.29 is 18.7 Å². The van der Waals surface area contributed by atoms with Crippen molar-refractivity contribution in [3.05, 3.63) is 52.9 Å². The Hall–Kier alpha value is -2.61. The SMILES string of the molecule is COC(=O)c1ncc(CNC=O)nc1Cc1ccc([Si](C)(C)C)cc1F. The van der Waals surface area contributed by atoms with E-state index in [1.54, 1.807) is 12.1 Å². The van der Waals surface area contributed by atoms with Gasteiger partial charge in [0.1, 0.15) is 5.82 Å². The molecule has 1 amide bonds. The molecule has 0 bridgehead atoms. The maximum Gasteiger partial charge on any atom is 0.358 e. The fourth-order valence-electron chi connectivity index (χ4n) is 2.43. The summed E-state index contributed by atoms with van der Waals surface area (Å²) in [5.41, 5.74) is 1.24. The Morgan fingerprint density at radius 3 is 2.65 bits per heavy atom. The summed E-state index contributed by atoms with van der Waals surface area (Å²) >= 11 is 0. The van der Waals surface area contributed by atoms with Crippen LogP contribution in [0.5, 0.6) is 0 Å². The molecule has 1 aromatic heterocycles. The number of hydrogen-bond donors (Lipinski definition) is 1. The van der Waals surface area contributed by atoms with E-state index in [1.165, 1.54) is 13.3 Å². The second-order valence-corrected chi connectivity index (χ2v) is 12.0. The molecule has 6 nitrogen and oxygen atoms in total. The first kappa shape index (κ1) is 19.7. The van der Waals surface area contributed by atoms with Crippen molar-refractivity contribution >= 4 is 25.6 Å². The van der Waals surface area contributed by atoms with Crippen LogP contribution in [0.3, 0.4) is 0 Å². The lowest BCUT2D eigenvalue weighted by Gasteiger charge is -2.17. The second-order valence-electron chi connectivity index (χ2n) is 6.88. The Balaban J connectivity index is 2.40. The topological polar surface area (TPSA) is 81.2 Å². The normalized spacial score (nSPS) is 11.1. The maximum atomic E-state index is 14.6. The van der Waals surface area contributed by atoms with Gasteiger partial charge in [-0.15, -0.1) is 0 Å². The van der Waals surface area contributed by atoms with Crippen molar-refractivity contribution in [2.45, 2.75) is 32.6 Å². The molecule has 0 saturated heterocycles. The quantitative estimate of drug-likeness (QED) is 0.453. The molecule has 0 saturated carbocycles. The third-order valence-electron chi connectivity index (χ3n) is 3.92. The Labute approximate surface area is 152 Å². The summed E-state index contributed by atoms with van der Waals surface area (Å²) in [5.74, 6) is -0.972. The van der Waals surface area contributed by atoms with Gasteiger partial charge in [0, 0.05) is 6.42 Å². The van der Waals surface area contributed by atoms with E-state index in [1.807, 2.05) is 6.07 Å². The van der Waals surface area contributed by atoms with Crippen molar-refractivity contribution in [1.82, 2.24) is 15.3 Å². The summed E-state index contributed by atoms with van der Waals surface area (Å²) in [6.07, 6.45) is 2.03. The van der Waals surface area contributed by atoms with Gasteiger partial charge in [-0.3, -0.25) is 9.78 Å². The van der Waals surface area contributed by atoms with Crippen LogP contribution in [-0.4, -0.2) is 37.5 Å². The highest BCUT2D eigenvalue weighted by atomic mass is 28.3. The lowest BCUT2D eigenvalue weighted by atomic mass is 10.1. The predicted octanol–water partition coefficient (Wildman–Crippen LogP) is 1.78. The highest BCUT2D eigenvalue weighted by Gasteiger charge is 2.20. The number of nitrogens with zero attached hydrogens (tertiary/aromatic N) is 2. The van der Waals surface area contributed by atoms with Crippen LogP contribution in [-0.2, 0) is 22.5 Å². The van der Waals surface area contributed by atoms with E-state index in [9.17, 15) is 14.0 Å². The van der Waals surface area contributed by atoms with Gasteiger partial charge in [0.25, 0.3) is 0 Å². The smallest absolute Gasteiger partial charge is 0.358 e. The van der Waals surface area contributed by atoms with Gasteiger partial charge >= 0.3 is 5.97 Å². The number of rotatable bonds is 7. The highest BCUT2D eigenvalue weighted by Crippen LogP contribution is 2.16. The summed E-state index contributed by atoms with van der Waals surface area (Å²) in [6.45, 7) is 6.60. The summed E-state index contributed by atoms with van der Waals surface area (Å²) in [6, 6.07) is 5.21. The molecule has 8 heteroatoms. The number of methoxy groups -OCH3 is 1. The Kier molecular flexibility index (Phi) is 6.20. The number of aromatic nitrogens is 2. The predicted molar refractivity (Wildman–Crippen MR) is 98.5 cm³/mol. The van der Waals surface area contributed by atoms with Crippen molar-refractivity contribution in [2.24, 2.45) is 0 Å². The molecule has 0 aliphatic heterocycles. The zero-order valence-electron chi connectivity index (χ0n) is 15.3. The average molecular weight is 375 g/mol. The molecule has 0 aliphatic carbocycles. The number of carbonyl (C=O) groups is 2. The molecule has 0 aliphatic rings. The molecule has 1 aromatic carbocycles. The monoisotopic (exact) mass is 375 g/mol. The van der Waals surface area contributed by atoms with Crippen LogP contribution in [0.15, 0.2) is 24.4 Å². The standard InChI is InChI=1S/C18H22FN3O3Si/c1-25-18(24)17-16(22-13(10-21-17)9-20-11-23)7-12-5-6-14(8-15(12)19)26(2,3)4/h5-6,8,10-11H,7,9H2,1-4H3,(H,20,23). The molecule has 0 unspecified atom stereocenters. The van der Waals surface area contributed by atoms with Gasteiger partial charge in [0.15, 0.2) is 5.69 Å².